The minimum absolute atomic E-state index is 0. The van der Waals surface area contributed by atoms with Crippen LogP contribution in [0.4, 0.5) is 0 Å². The maximum absolute atomic E-state index is 5.42. The Morgan fingerprint density at radius 2 is 2.04 bits per heavy atom. The number of fused-ring (bicyclic) bond motifs is 1. The molecular weight excluding hydrogens is 330 g/mol. The zero-order valence-electron chi connectivity index (χ0n) is 13.0. The summed E-state index contributed by atoms with van der Waals surface area (Å²) in [5.41, 5.74) is 3.19. The second-order valence-corrected chi connectivity index (χ2v) is 5.31. The standard InChI is InChI=1S/C16H15N5O2.ClH/c1-22-14-7-12(18-9-19-14)15-20-16(23-21-15)13-6-10-4-2-3-5-11(10)8-17-13;/h2-5,7,9,13,17H,6,8H2,1H3;1H/t13-;/m1./s1. The molecule has 0 unspecified atom stereocenters. The van der Waals surface area contributed by atoms with Gasteiger partial charge in [-0.25, -0.2) is 9.97 Å². The van der Waals surface area contributed by atoms with Gasteiger partial charge in [0.1, 0.15) is 12.0 Å². The molecule has 0 fully saturated rings. The summed E-state index contributed by atoms with van der Waals surface area (Å²) in [4.78, 5) is 12.6. The minimum Gasteiger partial charge on any atom is -0.481 e. The van der Waals surface area contributed by atoms with Crippen molar-refractivity contribution in [1.82, 2.24) is 25.4 Å². The average molecular weight is 346 g/mol. The Bertz CT molecular complexity index is 839. The molecule has 0 saturated heterocycles. The number of hydrogen-bond donors (Lipinski definition) is 1. The summed E-state index contributed by atoms with van der Waals surface area (Å²) in [5.74, 6) is 1.46. The summed E-state index contributed by atoms with van der Waals surface area (Å²) >= 11 is 0. The summed E-state index contributed by atoms with van der Waals surface area (Å²) < 4.78 is 10.5. The van der Waals surface area contributed by atoms with Gasteiger partial charge in [0.2, 0.25) is 17.6 Å². The number of nitrogens with one attached hydrogen (secondary N) is 1. The van der Waals surface area contributed by atoms with Crippen molar-refractivity contribution in [1.29, 1.82) is 0 Å². The van der Waals surface area contributed by atoms with E-state index < -0.39 is 0 Å². The lowest BCUT2D eigenvalue weighted by Crippen LogP contribution is -2.28. The van der Waals surface area contributed by atoms with Crippen LogP contribution < -0.4 is 10.1 Å². The third-order valence-electron chi connectivity index (χ3n) is 3.90. The van der Waals surface area contributed by atoms with Gasteiger partial charge in [-0.1, -0.05) is 29.4 Å². The molecule has 3 aromatic rings. The highest BCUT2D eigenvalue weighted by Crippen LogP contribution is 2.26. The molecule has 124 valence electrons. The molecule has 0 saturated carbocycles. The second kappa shape index (κ2) is 6.94. The van der Waals surface area contributed by atoms with Gasteiger partial charge >= 0.3 is 0 Å². The van der Waals surface area contributed by atoms with E-state index in [9.17, 15) is 0 Å². The molecular formula is C16H16ClN5O2. The normalized spacial score (nSPS) is 16.1. The molecule has 0 spiro atoms. The van der Waals surface area contributed by atoms with Gasteiger partial charge in [0, 0.05) is 12.6 Å². The van der Waals surface area contributed by atoms with Crippen LogP contribution in [0.25, 0.3) is 11.5 Å². The second-order valence-electron chi connectivity index (χ2n) is 5.31. The first-order chi connectivity index (χ1) is 11.3. The number of halogens is 1. The van der Waals surface area contributed by atoms with Gasteiger partial charge in [0.05, 0.1) is 13.2 Å². The van der Waals surface area contributed by atoms with Gasteiger partial charge in [-0.3, -0.25) is 0 Å². The van der Waals surface area contributed by atoms with Crippen LogP contribution in [0.5, 0.6) is 5.88 Å². The van der Waals surface area contributed by atoms with E-state index in [2.05, 4.69) is 37.6 Å². The largest absolute Gasteiger partial charge is 0.481 e. The number of aromatic nitrogens is 4. The van der Waals surface area contributed by atoms with Crippen molar-refractivity contribution in [2.75, 3.05) is 7.11 Å². The summed E-state index contributed by atoms with van der Waals surface area (Å²) in [6, 6.07) is 10.1. The van der Waals surface area contributed by atoms with Crippen LogP contribution >= 0.6 is 12.4 Å². The molecule has 8 heteroatoms. The Hall–Kier alpha value is -2.51. The molecule has 4 rings (SSSR count). The van der Waals surface area contributed by atoms with Crippen molar-refractivity contribution < 1.29 is 9.26 Å². The smallest absolute Gasteiger partial charge is 0.244 e. The van der Waals surface area contributed by atoms with Gasteiger partial charge in [0.15, 0.2) is 0 Å². The number of hydrogen-bond acceptors (Lipinski definition) is 7. The van der Waals surface area contributed by atoms with E-state index in [1.807, 2.05) is 12.1 Å². The van der Waals surface area contributed by atoms with E-state index in [0.717, 1.165) is 13.0 Å². The van der Waals surface area contributed by atoms with Gasteiger partial charge in [-0.15, -0.1) is 12.4 Å². The number of ether oxygens (including phenoxy) is 1. The SMILES string of the molecule is COc1cc(-c2noc([C@H]3Cc4ccccc4CN3)n2)ncn1.Cl. The van der Waals surface area contributed by atoms with Crippen LogP contribution in [0.3, 0.4) is 0 Å². The van der Waals surface area contributed by atoms with E-state index in [1.54, 1.807) is 13.2 Å². The zero-order chi connectivity index (χ0) is 15.6. The molecule has 1 aliphatic rings. The van der Waals surface area contributed by atoms with Crippen molar-refractivity contribution in [3.05, 3.63) is 53.7 Å². The molecule has 2 aromatic heterocycles. The Kier molecular flexibility index (Phi) is 4.73. The first-order valence-corrected chi connectivity index (χ1v) is 7.33. The van der Waals surface area contributed by atoms with E-state index >= 15 is 0 Å². The van der Waals surface area contributed by atoms with Crippen molar-refractivity contribution in [3.63, 3.8) is 0 Å². The van der Waals surface area contributed by atoms with Crippen LogP contribution in [-0.4, -0.2) is 27.2 Å². The fraction of sp³-hybridized carbons (Fsp3) is 0.250. The quantitative estimate of drug-likeness (QED) is 0.779. The molecule has 24 heavy (non-hydrogen) atoms. The highest BCUT2D eigenvalue weighted by Gasteiger charge is 2.24. The minimum atomic E-state index is 0. The Balaban J connectivity index is 0.00000169. The molecule has 3 heterocycles. The summed E-state index contributed by atoms with van der Waals surface area (Å²) in [7, 11) is 1.55. The topological polar surface area (TPSA) is 86.0 Å². The number of nitrogens with zero attached hydrogens (tertiary/aromatic N) is 4. The maximum Gasteiger partial charge on any atom is 0.244 e. The zero-order valence-corrected chi connectivity index (χ0v) is 13.8. The van der Waals surface area contributed by atoms with Crippen molar-refractivity contribution in [2.24, 2.45) is 0 Å². The van der Waals surface area contributed by atoms with Gasteiger partial charge in [-0.2, -0.15) is 4.98 Å². The van der Waals surface area contributed by atoms with Crippen LogP contribution in [0.2, 0.25) is 0 Å². The van der Waals surface area contributed by atoms with E-state index in [4.69, 9.17) is 9.26 Å². The monoisotopic (exact) mass is 345 g/mol. The van der Waals surface area contributed by atoms with Crippen LogP contribution in [0.15, 0.2) is 41.2 Å². The fourth-order valence-electron chi connectivity index (χ4n) is 2.68. The number of rotatable bonds is 3. The first-order valence-electron chi connectivity index (χ1n) is 7.33. The van der Waals surface area contributed by atoms with E-state index in [1.165, 1.54) is 17.5 Å². The highest BCUT2D eigenvalue weighted by molar-refractivity contribution is 5.85. The Morgan fingerprint density at radius 1 is 1.21 bits per heavy atom. The van der Waals surface area contributed by atoms with E-state index in [-0.39, 0.29) is 18.4 Å². The molecule has 7 nitrogen and oxygen atoms in total. The van der Waals surface area contributed by atoms with Crippen molar-refractivity contribution in [2.45, 2.75) is 19.0 Å². The number of methoxy groups -OCH3 is 1. The van der Waals surface area contributed by atoms with Crippen LogP contribution in [0.1, 0.15) is 23.1 Å². The lowest BCUT2D eigenvalue weighted by molar-refractivity contribution is 0.321. The average Bonchev–Trinajstić information content (AvgIpc) is 3.11. The summed E-state index contributed by atoms with van der Waals surface area (Å²) in [5, 5.41) is 7.45. The van der Waals surface area contributed by atoms with E-state index in [0.29, 0.717) is 23.3 Å². The molecule has 1 N–H and O–H groups in total. The third kappa shape index (κ3) is 3.08. The predicted molar refractivity (Wildman–Crippen MR) is 88.9 cm³/mol. The van der Waals surface area contributed by atoms with Crippen LogP contribution in [-0.2, 0) is 13.0 Å². The fourth-order valence-corrected chi connectivity index (χ4v) is 2.68. The number of benzene rings is 1. The van der Waals surface area contributed by atoms with Gasteiger partial charge in [0.25, 0.3) is 0 Å². The molecule has 0 radical (unpaired) electrons. The summed E-state index contributed by atoms with van der Waals surface area (Å²) in [6.45, 7) is 0.792. The predicted octanol–water partition coefficient (Wildman–Crippen LogP) is 2.34. The van der Waals surface area contributed by atoms with Crippen LogP contribution in [0, 0.1) is 0 Å². The third-order valence-corrected chi connectivity index (χ3v) is 3.90. The molecule has 1 aliphatic heterocycles. The first kappa shape index (κ1) is 16.4. The molecule has 1 aromatic carbocycles. The lowest BCUT2D eigenvalue weighted by Gasteiger charge is -2.23. The van der Waals surface area contributed by atoms with Crippen molar-refractivity contribution in [3.8, 4) is 17.4 Å². The highest BCUT2D eigenvalue weighted by atomic mass is 35.5. The van der Waals surface area contributed by atoms with Crippen molar-refractivity contribution >= 4 is 12.4 Å². The lowest BCUT2D eigenvalue weighted by atomic mass is 9.96. The van der Waals surface area contributed by atoms with Gasteiger partial charge < -0.3 is 14.6 Å². The molecule has 1 atom stereocenters. The van der Waals surface area contributed by atoms with Gasteiger partial charge in [-0.05, 0) is 17.5 Å². The summed E-state index contributed by atoms with van der Waals surface area (Å²) in [6.07, 6.45) is 2.24. The molecule has 0 amide bonds. The molecule has 0 bridgehead atoms. The maximum atomic E-state index is 5.42. The Labute approximate surface area is 144 Å². The molecule has 0 aliphatic carbocycles. The Morgan fingerprint density at radius 3 is 2.88 bits per heavy atom.